The Labute approximate surface area is 145 Å². The first-order valence-corrected chi connectivity index (χ1v) is 9.94. The van der Waals surface area contributed by atoms with Gasteiger partial charge in [-0.05, 0) is 53.7 Å². The van der Waals surface area contributed by atoms with E-state index in [1.165, 1.54) is 11.3 Å². The van der Waals surface area contributed by atoms with Crippen LogP contribution in [0.2, 0.25) is 0 Å². The van der Waals surface area contributed by atoms with Crippen LogP contribution in [0.3, 0.4) is 0 Å². The van der Waals surface area contributed by atoms with E-state index in [2.05, 4.69) is 41.9 Å². The number of benzene rings is 1. The van der Waals surface area contributed by atoms with Gasteiger partial charge >= 0.3 is 0 Å². The lowest BCUT2D eigenvalue weighted by Gasteiger charge is -2.08. The zero-order valence-corrected chi connectivity index (χ0v) is 16.2. The van der Waals surface area contributed by atoms with Gasteiger partial charge in [0.15, 0.2) is 0 Å². The number of rotatable bonds is 5. The second kappa shape index (κ2) is 6.78. The topological polar surface area (TPSA) is 58.2 Å². The lowest BCUT2D eigenvalue weighted by atomic mass is 10.2. The number of hydrogen-bond donors (Lipinski definition) is 2. The van der Waals surface area contributed by atoms with Crippen molar-refractivity contribution in [3.8, 4) is 0 Å². The zero-order valence-electron chi connectivity index (χ0n) is 11.4. The van der Waals surface area contributed by atoms with Crippen LogP contribution in [-0.4, -0.2) is 15.5 Å². The van der Waals surface area contributed by atoms with Gasteiger partial charge in [0, 0.05) is 21.6 Å². The van der Waals surface area contributed by atoms with E-state index in [0.717, 1.165) is 14.9 Å². The van der Waals surface area contributed by atoms with Crippen molar-refractivity contribution < 1.29 is 8.42 Å². The molecular formula is C13H14Br2N2O2S2. The summed E-state index contributed by atoms with van der Waals surface area (Å²) in [5.74, 6) is 0. The summed E-state index contributed by atoms with van der Waals surface area (Å²) in [5.41, 5.74) is 1.58. The molecule has 8 heteroatoms. The van der Waals surface area contributed by atoms with Crippen molar-refractivity contribution in [2.75, 3.05) is 11.8 Å². The number of halogens is 2. The molecule has 0 amide bonds. The summed E-state index contributed by atoms with van der Waals surface area (Å²) in [6.07, 6.45) is 0. The maximum Gasteiger partial charge on any atom is 0.263 e. The van der Waals surface area contributed by atoms with E-state index in [1.807, 2.05) is 20.0 Å². The van der Waals surface area contributed by atoms with Crippen LogP contribution >= 0.6 is 43.2 Å². The molecule has 21 heavy (non-hydrogen) atoms. The molecule has 1 aromatic heterocycles. The Balaban J connectivity index is 2.31. The average Bonchev–Trinajstić information content (AvgIpc) is 2.76. The van der Waals surface area contributed by atoms with Gasteiger partial charge in [0.2, 0.25) is 0 Å². The number of hydrogen-bond acceptors (Lipinski definition) is 4. The summed E-state index contributed by atoms with van der Waals surface area (Å²) in [7, 11) is -1.78. The molecule has 2 rings (SSSR count). The second-order valence-electron chi connectivity index (χ2n) is 4.45. The fourth-order valence-corrected chi connectivity index (χ4v) is 5.83. The lowest BCUT2D eigenvalue weighted by molar-refractivity contribution is 0.601. The minimum Gasteiger partial charge on any atom is -0.315 e. The fourth-order valence-electron chi connectivity index (χ4n) is 1.71. The summed E-state index contributed by atoms with van der Waals surface area (Å²) in [5, 5.41) is 3.01. The first kappa shape index (κ1) is 17.0. The Hall–Kier alpha value is -0.410. The zero-order chi connectivity index (χ0) is 15.6. The molecule has 1 aromatic carbocycles. The van der Waals surface area contributed by atoms with Gasteiger partial charge in [-0.15, -0.1) is 11.3 Å². The number of sulfonamides is 1. The third kappa shape index (κ3) is 4.07. The number of thiophene rings is 1. The highest BCUT2D eigenvalue weighted by Crippen LogP contribution is 2.33. The first-order chi connectivity index (χ1) is 9.83. The van der Waals surface area contributed by atoms with Gasteiger partial charge in [0.25, 0.3) is 10.0 Å². The summed E-state index contributed by atoms with van der Waals surface area (Å²) < 4.78 is 29.0. The largest absolute Gasteiger partial charge is 0.315 e. The highest BCUT2D eigenvalue weighted by atomic mass is 79.9. The molecule has 0 fully saturated rings. The minimum atomic E-state index is -3.61. The quantitative estimate of drug-likeness (QED) is 0.716. The van der Waals surface area contributed by atoms with Crippen LogP contribution in [0.25, 0.3) is 0 Å². The van der Waals surface area contributed by atoms with Gasteiger partial charge in [0.1, 0.15) is 4.90 Å². The summed E-state index contributed by atoms with van der Waals surface area (Å²) in [6, 6.07) is 7.03. The highest BCUT2D eigenvalue weighted by Gasteiger charge is 2.21. The first-order valence-electron chi connectivity index (χ1n) is 6.05. The molecule has 0 saturated heterocycles. The van der Waals surface area contributed by atoms with Crippen LogP contribution in [0.1, 0.15) is 10.4 Å². The second-order valence-corrected chi connectivity index (χ2v) is 9.41. The molecule has 0 saturated carbocycles. The van der Waals surface area contributed by atoms with Crippen molar-refractivity contribution in [3.05, 3.63) is 43.0 Å². The smallest absolute Gasteiger partial charge is 0.263 e. The van der Waals surface area contributed by atoms with E-state index < -0.39 is 10.0 Å². The van der Waals surface area contributed by atoms with Gasteiger partial charge < -0.3 is 5.32 Å². The van der Waals surface area contributed by atoms with E-state index in [-0.39, 0.29) is 4.90 Å². The fraction of sp³-hybridized carbons (Fsp3) is 0.231. The molecule has 0 aliphatic carbocycles. The molecule has 114 valence electrons. The highest BCUT2D eigenvalue weighted by molar-refractivity contribution is 9.11. The van der Waals surface area contributed by atoms with Gasteiger partial charge in [-0.25, -0.2) is 8.42 Å². The van der Waals surface area contributed by atoms with Crippen molar-refractivity contribution in [2.45, 2.75) is 18.4 Å². The average molecular weight is 454 g/mol. The number of aryl methyl sites for hydroxylation is 1. The maximum absolute atomic E-state index is 12.5. The van der Waals surface area contributed by atoms with Crippen LogP contribution in [0, 0.1) is 6.92 Å². The predicted octanol–water partition coefficient (Wildman–Crippen LogP) is 4.10. The van der Waals surface area contributed by atoms with Crippen LogP contribution in [0.15, 0.2) is 37.4 Å². The molecule has 0 spiro atoms. The predicted molar refractivity (Wildman–Crippen MR) is 94.5 cm³/mol. The van der Waals surface area contributed by atoms with E-state index in [1.54, 1.807) is 18.2 Å². The number of anilines is 1. The SMILES string of the molecule is CNCc1cc(S(=O)(=O)Nc2ccc(C)c(Br)c2)c(Br)s1. The lowest BCUT2D eigenvalue weighted by Crippen LogP contribution is -2.12. The van der Waals surface area contributed by atoms with E-state index >= 15 is 0 Å². The Morgan fingerprint density at radius 3 is 2.57 bits per heavy atom. The molecule has 2 aromatic rings. The standard InChI is InChI=1S/C13H14Br2N2O2S2/c1-8-3-4-9(5-11(8)14)17-21(18,19)12-6-10(7-16-2)20-13(12)15/h3-6,16-17H,7H2,1-2H3. The van der Waals surface area contributed by atoms with Crippen molar-refractivity contribution in [2.24, 2.45) is 0 Å². The van der Waals surface area contributed by atoms with E-state index in [4.69, 9.17) is 0 Å². The van der Waals surface area contributed by atoms with Gasteiger partial charge in [-0.1, -0.05) is 22.0 Å². The van der Waals surface area contributed by atoms with Crippen LogP contribution in [0.5, 0.6) is 0 Å². The van der Waals surface area contributed by atoms with E-state index in [0.29, 0.717) is 16.0 Å². The Kier molecular flexibility index (Phi) is 5.48. The van der Waals surface area contributed by atoms with Crippen LogP contribution in [0.4, 0.5) is 5.69 Å². The molecule has 2 N–H and O–H groups in total. The summed E-state index contributed by atoms with van der Waals surface area (Å²) in [6.45, 7) is 2.58. The monoisotopic (exact) mass is 452 g/mol. The molecule has 1 heterocycles. The van der Waals surface area contributed by atoms with Gasteiger partial charge in [-0.3, -0.25) is 4.72 Å². The molecule has 0 atom stereocenters. The van der Waals surface area contributed by atoms with Crippen LogP contribution < -0.4 is 10.0 Å². The molecule has 0 unspecified atom stereocenters. The molecular weight excluding hydrogens is 440 g/mol. The molecule has 4 nitrogen and oxygen atoms in total. The molecule has 0 radical (unpaired) electrons. The molecule has 0 bridgehead atoms. The van der Waals surface area contributed by atoms with Gasteiger partial charge in [0.05, 0.1) is 3.79 Å². The molecule has 0 aliphatic heterocycles. The molecule has 0 aliphatic rings. The number of nitrogens with one attached hydrogen (secondary N) is 2. The van der Waals surface area contributed by atoms with Crippen molar-refractivity contribution in [1.29, 1.82) is 0 Å². The minimum absolute atomic E-state index is 0.259. The third-order valence-electron chi connectivity index (χ3n) is 2.77. The Morgan fingerprint density at radius 1 is 1.24 bits per heavy atom. The maximum atomic E-state index is 12.5. The van der Waals surface area contributed by atoms with E-state index in [9.17, 15) is 8.42 Å². The van der Waals surface area contributed by atoms with Crippen molar-refractivity contribution >= 4 is 58.9 Å². The van der Waals surface area contributed by atoms with Crippen molar-refractivity contribution in [3.63, 3.8) is 0 Å². The van der Waals surface area contributed by atoms with Crippen LogP contribution in [-0.2, 0) is 16.6 Å². The summed E-state index contributed by atoms with van der Waals surface area (Å²) >= 11 is 8.13. The summed E-state index contributed by atoms with van der Waals surface area (Å²) in [4.78, 5) is 1.21. The Bertz CT molecular complexity index is 758. The van der Waals surface area contributed by atoms with Gasteiger partial charge in [-0.2, -0.15) is 0 Å². The normalized spacial score (nSPS) is 11.6. The third-order valence-corrected chi connectivity index (χ3v) is 7.26. The Morgan fingerprint density at radius 2 is 1.95 bits per heavy atom. The van der Waals surface area contributed by atoms with Crippen molar-refractivity contribution in [1.82, 2.24) is 5.32 Å².